The van der Waals surface area contributed by atoms with Crippen molar-refractivity contribution in [1.82, 2.24) is 9.97 Å². The highest BCUT2D eigenvalue weighted by atomic mass is 32.2. The lowest BCUT2D eigenvalue weighted by atomic mass is 10.1. The first-order valence-electron chi connectivity index (χ1n) is 7.63. The second-order valence-corrected chi connectivity index (χ2v) is 7.45. The molecule has 0 radical (unpaired) electrons. The summed E-state index contributed by atoms with van der Waals surface area (Å²) >= 11 is 0. The fraction of sp³-hybridized carbons (Fsp3) is 0.250. The second kappa shape index (κ2) is 8.50. The van der Waals surface area contributed by atoms with Crippen molar-refractivity contribution >= 4 is 33.1 Å². The van der Waals surface area contributed by atoms with Crippen molar-refractivity contribution in [1.29, 1.82) is 5.41 Å². The minimum atomic E-state index is -3.43. The van der Waals surface area contributed by atoms with Crippen LogP contribution in [0, 0.1) is 5.41 Å². The van der Waals surface area contributed by atoms with E-state index in [1.165, 1.54) is 43.8 Å². The van der Waals surface area contributed by atoms with Crippen LogP contribution in [0.2, 0.25) is 0 Å². The van der Waals surface area contributed by atoms with Crippen LogP contribution >= 0.6 is 0 Å². The van der Waals surface area contributed by atoms with Crippen molar-refractivity contribution in [3.63, 3.8) is 0 Å². The Morgan fingerprint density at radius 3 is 2.50 bits per heavy atom. The van der Waals surface area contributed by atoms with Crippen LogP contribution < -0.4 is 11.1 Å². The zero-order chi connectivity index (χ0) is 19.2. The zero-order valence-electron chi connectivity index (χ0n) is 14.1. The number of nitrogen functional groups attached to an aromatic ring is 1. The summed E-state index contributed by atoms with van der Waals surface area (Å²) in [6.45, 7) is 0.357. The van der Waals surface area contributed by atoms with Gasteiger partial charge in [0.25, 0.3) is 5.91 Å². The third kappa shape index (κ3) is 5.07. The molecule has 4 N–H and O–H groups in total. The number of amides is 1. The molecule has 0 saturated carbocycles. The van der Waals surface area contributed by atoms with Gasteiger partial charge >= 0.3 is 0 Å². The number of aromatic nitrogens is 2. The van der Waals surface area contributed by atoms with E-state index in [4.69, 9.17) is 15.9 Å². The first-order valence-corrected chi connectivity index (χ1v) is 9.28. The SMILES string of the molecule is COCCCS(=O)(=O)c1ccc(C(=N)C(=O)Nc2cnc(N)cn2)cc1. The van der Waals surface area contributed by atoms with E-state index in [-0.39, 0.29) is 33.6 Å². The highest BCUT2D eigenvalue weighted by molar-refractivity contribution is 7.91. The number of carbonyl (C=O) groups is 1. The van der Waals surface area contributed by atoms with E-state index in [9.17, 15) is 13.2 Å². The molecule has 1 heterocycles. The number of rotatable bonds is 8. The minimum absolute atomic E-state index is 0.0338. The fourth-order valence-corrected chi connectivity index (χ4v) is 3.34. The quantitative estimate of drug-likeness (QED) is 0.456. The lowest BCUT2D eigenvalue weighted by molar-refractivity contribution is -0.110. The molecule has 0 saturated heterocycles. The Balaban J connectivity index is 2.05. The summed E-state index contributed by atoms with van der Waals surface area (Å²) in [5.41, 5.74) is 5.36. The van der Waals surface area contributed by atoms with E-state index in [1.54, 1.807) is 0 Å². The standard InChI is InChI=1S/C16H19N5O4S/c1-25-7-2-8-26(23,24)12-5-3-11(4-6-12)15(18)16(22)21-14-10-19-13(17)9-20-14/h3-6,9-10,18H,2,7-8H2,1H3,(H2,17,19)(H,20,21,22). The summed E-state index contributed by atoms with van der Waals surface area (Å²) < 4.78 is 29.2. The molecule has 10 heteroatoms. The van der Waals surface area contributed by atoms with Crippen molar-refractivity contribution < 1.29 is 17.9 Å². The average Bonchev–Trinajstić information content (AvgIpc) is 2.63. The lowest BCUT2D eigenvalue weighted by Gasteiger charge is -2.08. The average molecular weight is 377 g/mol. The van der Waals surface area contributed by atoms with Crippen LogP contribution in [0.25, 0.3) is 0 Å². The molecular weight excluding hydrogens is 358 g/mol. The van der Waals surface area contributed by atoms with Gasteiger partial charge in [-0.05, 0) is 18.6 Å². The molecule has 0 spiro atoms. The Hall–Kier alpha value is -2.85. The molecule has 0 aliphatic heterocycles. The third-order valence-corrected chi connectivity index (χ3v) is 5.22. The van der Waals surface area contributed by atoms with E-state index < -0.39 is 15.7 Å². The molecular formula is C16H19N5O4S. The fourth-order valence-electron chi connectivity index (χ4n) is 2.05. The van der Waals surface area contributed by atoms with E-state index in [0.29, 0.717) is 13.0 Å². The van der Waals surface area contributed by atoms with Gasteiger partial charge in [0.15, 0.2) is 15.7 Å². The molecule has 26 heavy (non-hydrogen) atoms. The summed E-state index contributed by atoms with van der Waals surface area (Å²) in [4.78, 5) is 19.9. The molecule has 0 atom stereocenters. The molecule has 138 valence electrons. The summed E-state index contributed by atoms with van der Waals surface area (Å²) in [7, 11) is -1.92. The van der Waals surface area contributed by atoms with Gasteiger partial charge in [-0.2, -0.15) is 0 Å². The smallest absolute Gasteiger partial charge is 0.275 e. The Morgan fingerprint density at radius 1 is 1.23 bits per heavy atom. The van der Waals surface area contributed by atoms with Crippen molar-refractivity contribution in [2.45, 2.75) is 11.3 Å². The highest BCUT2D eigenvalue weighted by Gasteiger charge is 2.17. The number of nitrogens with zero attached hydrogens (tertiary/aromatic N) is 2. The number of hydrogen-bond acceptors (Lipinski definition) is 8. The van der Waals surface area contributed by atoms with Gasteiger partial charge in [0.2, 0.25) is 0 Å². The number of anilines is 2. The van der Waals surface area contributed by atoms with Crippen molar-refractivity contribution in [2.24, 2.45) is 0 Å². The molecule has 2 rings (SSSR count). The predicted molar refractivity (Wildman–Crippen MR) is 96.9 cm³/mol. The van der Waals surface area contributed by atoms with Gasteiger partial charge in [-0.1, -0.05) is 12.1 Å². The predicted octanol–water partition coefficient (Wildman–Crippen LogP) is 0.876. The maximum atomic E-state index is 12.2. The molecule has 0 aliphatic rings. The van der Waals surface area contributed by atoms with E-state index in [1.807, 2.05) is 0 Å². The van der Waals surface area contributed by atoms with Crippen LogP contribution in [0.15, 0.2) is 41.6 Å². The lowest BCUT2D eigenvalue weighted by Crippen LogP contribution is -2.23. The van der Waals surface area contributed by atoms with Gasteiger partial charge in [0.1, 0.15) is 11.5 Å². The van der Waals surface area contributed by atoms with Crippen LogP contribution in [-0.4, -0.2) is 49.5 Å². The van der Waals surface area contributed by atoms with Gasteiger partial charge in [0.05, 0.1) is 23.0 Å². The van der Waals surface area contributed by atoms with Gasteiger partial charge in [-0.25, -0.2) is 18.4 Å². The van der Waals surface area contributed by atoms with Gasteiger partial charge in [-0.15, -0.1) is 0 Å². The zero-order valence-corrected chi connectivity index (χ0v) is 14.9. The first-order chi connectivity index (χ1) is 12.3. The number of nitrogens with two attached hydrogens (primary N) is 1. The van der Waals surface area contributed by atoms with Gasteiger partial charge in [0, 0.05) is 19.3 Å². The Kier molecular flexibility index (Phi) is 6.36. The molecule has 0 aliphatic carbocycles. The summed E-state index contributed by atoms with van der Waals surface area (Å²) in [6, 6.07) is 5.59. The molecule has 1 aromatic carbocycles. The van der Waals surface area contributed by atoms with Crippen molar-refractivity contribution in [3.8, 4) is 0 Å². The summed E-state index contributed by atoms with van der Waals surface area (Å²) in [6.07, 6.45) is 2.94. The Bertz CT molecular complexity index is 880. The summed E-state index contributed by atoms with van der Waals surface area (Å²) in [5.74, 6) is -0.361. The number of sulfone groups is 1. The van der Waals surface area contributed by atoms with E-state index in [0.717, 1.165) is 0 Å². The number of hydrogen-bond donors (Lipinski definition) is 3. The molecule has 9 nitrogen and oxygen atoms in total. The number of methoxy groups -OCH3 is 1. The summed E-state index contributed by atoms with van der Waals surface area (Å²) in [5, 5.41) is 10.4. The Labute approximate surface area is 151 Å². The van der Waals surface area contributed by atoms with Crippen LogP contribution in [0.5, 0.6) is 0 Å². The first kappa shape index (κ1) is 19.5. The molecule has 1 aromatic heterocycles. The monoisotopic (exact) mass is 377 g/mol. The molecule has 0 unspecified atom stereocenters. The van der Waals surface area contributed by atoms with Crippen molar-refractivity contribution in [2.75, 3.05) is 30.5 Å². The maximum absolute atomic E-state index is 12.2. The van der Waals surface area contributed by atoms with Crippen LogP contribution in [0.3, 0.4) is 0 Å². The largest absolute Gasteiger partial charge is 0.385 e. The number of nitrogens with one attached hydrogen (secondary N) is 2. The van der Waals surface area contributed by atoms with E-state index >= 15 is 0 Å². The number of ether oxygens (including phenoxy) is 1. The Morgan fingerprint density at radius 2 is 1.92 bits per heavy atom. The maximum Gasteiger partial charge on any atom is 0.275 e. The molecule has 0 fully saturated rings. The normalized spacial score (nSPS) is 11.1. The number of benzene rings is 1. The van der Waals surface area contributed by atoms with Crippen LogP contribution in [-0.2, 0) is 19.4 Å². The highest BCUT2D eigenvalue weighted by Crippen LogP contribution is 2.14. The van der Waals surface area contributed by atoms with Gasteiger partial charge in [-0.3, -0.25) is 10.2 Å². The van der Waals surface area contributed by atoms with Gasteiger partial charge < -0.3 is 15.8 Å². The molecule has 2 aromatic rings. The van der Waals surface area contributed by atoms with E-state index in [2.05, 4.69) is 15.3 Å². The minimum Gasteiger partial charge on any atom is -0.385 e. The molecule has 1 amide bonds. The van der Waals surface area contributed by atoms with Crippen molar-refractivity contribution in [3.05, 3.63) is 42.2 Å². The second-order valence-electron chi connectivity index (χ2n) is 5.35. The topological polar surface area (TPSA) is 148 Å². The third-order valence-electron chi connectivity index (χ3n) is 3.40. The van der Waals surface area contributed by atoms with Crippen LogP contribution in [0.4, 0.5) is 11.6 Å². The van der Waals surface area contributed by atoms with Crippen LogP contribution in [0.1, 0.15) is 12.0 Å². The molecule has 0 bridgehead atoms. The number of carbonyl (C=O) groups excluding carboxylic acids is 1.